The number of rotatable bonds is 3. The third kappa shape index (κ3) is 3.58. The van der Waals surface area contributed by atoms with Gasteiger partial charge in [0.1, 0.15) is 0 Å². The maximum Gasteiger partial charge on any atom is 0.238 e. The largest absolute Gasteiger partial charge is 0.399 e. The van der Waals surface area contributed by atoms with E-state index < -0.39 is 10.0 Å². The molecule has 0 heterocycles. The highest BCUT2D eigenvalue weighted by molar-refractivity contribution is 7.99. The molecule has 2 rings (SSSR count). The molecule has 4 N–H and O–H groups in total. The Hall–Kier alpha value is -1.50. The number of nitrogen functional groups attached to an aromatic ring is 1. The molecule has 0 atom stereocenters. The van der Waals surface area contributed by atoms with Gasteiger partial charge in [-0.1, -0.05) is 23.9 Å². The fourth-order valence-corrected chi connectivity index (χ4v) is 4.09. The van der Waals surface area contributed by atoms with Crippen molar-refractivity contribution in [3.8, 4) is 0 Å². The first-order chi connectivity index (χ1) is 9.68. The Morgan fingerprint density at radius 2 is 1.67 bits per heavy atom. The summed E-state index contributed by atoms with van der Waals surface area (Å²) >= 11 is 1.50. The number of aryl methyl sites for hydroxylation is 2. The Kier molecular flexibility index (Phi) is 4.32. The zero-order chi connectivity index (χ0) is 15.8. The van der Waals surface area contributed by atoms with Gasteiger partial charge in [0.2, 0.25) is 10.0 Å². The van der Waals surface area contributed by atoms with Crippen LogP contribution in [0.1, 0.15) is 16.7 Å². The lowest BCUT2D eigenvalue weighted by Gasteiger charge is -2.13. The van der Waals surface area contributed by atoms with Crippen molar-refractivity contribution in [2.45, 2.75) is 35.5 Å². The number of anilines is 1. The molecule has 0 amide bonds. The van der Waals surface area contributed by atoms with Gasteiger partial charge < -0.3 is 5.73 Å². The minimum absolute atomic E-state index is 0.0790. The van der Waals surface area contributed by atoms with E-state index >= 15 is 0 Å². The van der Waals surface area contributed by atoms with Gasteiger partial charge in [-0.2, -0.15) is 0 Å². The van der Waals surface area contributed by atoms with Gasteiger partial charge in [-0.3, -0.25) is 0 Å². The van der Waals surface area contributed by atoms with Crippen LogP contribution in [0.3, 0.4) is 0 Å². The fraction of sp³-hybridized carbons (Fsp3) is 0.200. The molecular weight excluding hydrogens is 304 g/mol. The highest BCUT2D eigenvalue weighted by Crippen LogP contribution is 2.36. The van der Waals surface area contributed by atoms with Gasteiger partial charge in [0, 0.05) is 15.5 Å². The van der Waals surface area contributed by atoms with Gasteiger partial charge in [0.15, 0.2) is 0 Å². The molecule has 0 saturated carbocycles. The summed E-state index contributed by atoms with van der Waals surface area (Å²) in [5.74, 6) is 0. The molecule has 0 aliphatic carbocycles. The van der Waals surface area contributed by atoms with Crippen molar-refractivity contribution < 1.29 is 8.42 Å². The van der Waals surface area contributed by atoms with E-state index in [1.165, 1.54) is 17.8 Å². The quantitative estimate of drug-likeness (QED) is 0.851. The second-order valence-electron chi connectivity index (χ2n) is 5.06. The molecule has 6 heteroatoms. The van der Waals surface area contributed by atoms with Crippen LogP contribution in [0.2, 0.25) is 0 Å². The van der Waals surface area contributed by atoms with Crippen molar-refractivity contribution in [3.05, 3.63) is 47.0 Å². The summed E-state index contributed by atoms with van der Waals surface area (Å²) in [5, 5.41) is 5.25. The smallest absolute Gasteiger partial charge is 0.238 e. The van der Waals surface area contributed by atoms with Crippen LogP contribution < -0.4 is 10.9 Å². The van der Waals surface area contributed by atoms with Crippen molar-refractivity contribution in [1.82, 2.24) is 0 Å². The Morgan fingerprint density at radius 3 is 2.29 bits per heavy atom. The Labute approximate surface area is 129 Å². The van der Waals surface area contributed by atoms with E-state index in [4.69, 9.17) is 10.9 Å². The first-order valence-corrected chi connectivity index (χ1v) is 8.73. The maximum atomic E-state index is 11.6. The Morgan fingerprint density at radius 1 is 1.00 bits per heavy atom. The minimum atomic E-state index is -3.78. The van der Waals surface area contributed by atoms with E-state index in [1.807, 2.05) is 26.0 Å². The monoisotopic (exact) mass is 322 g/mol. The molecule has 0 spiro atoms. The Bertz CT molecular complexity index is 800. The van der Waals surface area contributed by atoms with Gasteiger partial charge in [-0.15, -0.1) is 0 Å². The third-order valence-electron chi connectivity index (χ3n) is 3.20. The van der Waals surface area contributed by atoms with E-state index in [-0.39, 0.29) is 4.90 Å². The first kappa shape index (κ1) is 15.9. The van der Waals surface area contributed by atoms with E-state index in [1.54, 1.807) is 13.0 Å². The van der Waals surface area contributed by atoms with Gasteiger partial charge in [-0.05, 0) is 55.7 Å². The van der Waals surface area contributed by atoms with Crippen LogP contribution in [-0.4, -0.2) is 8.42 Å². The van der Waals surface area contributed by atoms with Crippen LogP contribution in [0, 0.1) is 20.8 Å². The van der Waals surface area contributed by atoms with Gasteiger partial charge in [0.25, 0.3) is 0 Å². The van der Waals surface area contributed by atoms with Crippen LogP contribution in [-0.2, 0) is 10.0 Å². The molecule has 0 bridgehead atoms. The molecule has 0 saturated heterocycles. The van der Waals surface area contributed by atoms with Crippen LogP contribution in [0.25, 0.3) is 0 Å². The van der Waals surface area contributed by atoms with Crippen LogP contribution in [0.5, 0.6) is 0 Å². The normalized spacial score (nSPS) is 11.6. The molecule has 112 valence electrons. The minimum Gasteiger partial charge on any atom is -0.399 e. The number of hydrogen-bond acceptors (Lipinski definition) is 4. The highest BCUT2D eigenvalue weighted by atomic mass is 32.2. The average molecular weight is 322 g/mol. The molecule has 21 heavy (non-hydrogen) atoms. The standard InChI is InChI=1S/C15H18N2O2S2/c1-9-4-5-10(2)13(6-9)20-14-7-12(16)8-15(11(14)3)21(17,18)19/h4-8H,16H2,1-3H3,(H2,17,18,19). The van der Waals surface area contributed by atoms with Crippen molar-refractivity contribution in [2.75, 3.05) is 5.73 Å². The highest BCUT2D eigenvalue weighted by Gasteiger charge is 2.16. The van der Waals surface area contributed by atoms with E-state index in [0.717, 1.165) is 20.9 Å². The summed E-state index contributed by atoms with van der Waals surface area (Å²) in [4.78, 5) is 1.95. The Balaban J connectivity index is 2.55. The second kappa shape index (κ2) is 5.71. The maximum absolute atomic E-state index is 11.6. The summed E-state index contributed by atoms with van der Waals surface area (Å²) in [5.41, 5.74) is 9.10. The number of sulfonamides is 1. The second-order valence-corrected chi connectivity index (χ2v) is 7.67. The van der Waals surface area contributed by atoms with Gasteiger partial charge >= 0.3 is 0 Å². The van der Waals surface area contributed by atoms with Crippen molar-refractivity contribution in [2.24, 2.45) is 5.14 Å². The molecule has 2 aromatic rings. The molecule has 0 aliphatic heterocycles. The summed E-state index contributed by atoms with van der Waals surface area (Å²) in [6.45, 7) is 5.78. The summed E-state index contributed by atoms with van der Waals surface area (Å²) < 4.78 is 23.3. The molecule has 4 nitrogen and oxygen atoms in total. The summed E-state index contributed by atoms with van der Waals surface area (Å²) in [7, 11) is -3.78. The van der Waals surface area contributed by atoms with Crippen LogP contribution >= 0.6 is 11.8 Å². The predicted octanol–water partition coefficient (Wildman–Crippen LogP) is 2.99. The van der Waals surface area contributed by atoms with Crippen LogP contribution in [0.4, 0.5) is 5.69 Å². The number of hydrogen-bond donors (Lipinski definition) is 2. The van der Waals surface area contributed by atoms with Crippen molar-refractivity contribution >= 4 is 27.5 Å². The number of primary sulfonamides is 1. The van der Waals surface area contributed by atoms with Crippen molar-refractivity contribution in [1.29, 1.82) is 0 Å². The third-order valence-corrected chi connectivity index (χ3v) is 5.55. The first-order valence-electron chi connectivity index (χ1n) is 6.36. The lowest BCUT2D eigenvalue weighted by molar-refractivity contribution is 0.597. The van der Waals surface area contributed by atoms with E-state index in [2.05, 4.69) is 6.07 Å². The number of benzene rings is 2. The molecule has 2 aromatic carbocycles. The lowest BCUT2D eigenvalue weighted by Crippen LogP contribution is -2.14. The lowest BCUT2D eigenvalue weighted by atomic mass is 10.2. The summed E-state index contributed by atoms with van der Waals surface area (Å²) in [6.07, 6.45) is 0. The molecule has 0 fully saturated rings. The van der Waals surface area contributed by atoms with Gasteiger partial charge in [0.05, 0.1) is 4.90 Å². The molecule has 0 aromatic heterocycles. The molecular formula is C15H18N2O2S2. The molecule has 0 aliphatic rings. The summed E-state index contributed by atoms with van der Waals surface area (Å²) in [6, 6.07) is 9.33. The molecule has 0 radical (unpaired) electrons. The van der Waals surface area contributed by atoms with Gasteiger partial charge in [-0.25, -0.2) is 13.6 Å². The number of nitrogens with two attached hydrogens (primary N) is 2. The van der Waals surface area contributed by atoms with E-state index in [0.29, 0.717) is 11.3 Å². The zero-order valence-corrected chi connectivity index (χ0v) is 13.8. The predicted molar refractivity (Wildman–Crippen MR) is 87.0 cm³/mol. The average Bonchev–Trinajstić information content (AvgIpc) is 2.36. The van der Waals surface area contributed by atoms with Crippen LogP contribution in [0.15, 0.2) is 45.0 Å². The fourth-order valence-electron chi connectivity index (χ4n) is 2.02. The zero-order valence-electron chi connectivity index (χ0n) is 12.2. The SMILES string of the molecule is Cc1ccc(C)c(Sc2cc(N)cc(S(N)(=O)=O)c2C)c1. The molecule has 0 unspecified atom stereocenters. The van der Waals surface area contributed by atoms with Crippen molar-refractivity contribution in [3.63, 3.8) is 0 Å². The van der Waals surface area contributed by atoms with E-state index in [9.17, 15) is 8.42 Å². The topological polar surface area (TPSA) is 86.2 Å².